The number of aryl methyl sites for hydroxylation is 1. The van der Waals surface area contributed by atoms with Gasteiger partial charge in [0.15, 0.2) is 0 Å². The molecule has 0 aliphatic heterocycles. The molecule has 6 nitrogen and oxygen atoms in total. The number of nitrogens with zero attached hydrogens (tertiary/aromatic N) is 3. The van der Waals surface area contributed by atoms with Gasteiger partial charge in [0, 0.05) is 23.6 Å². The van der Waals surface area contributed by atoms with Crippen LogP contribution in [0.2, 0.25) is 0 Å². The number of rotatable bonds is 7. The Labute approximate surface area is 200 Å². The van der Waals surface area contributed by atoms with Gasteiger partial charge in [0.05, 0.1) is 11.4 Å². The summed E-state index contributed by atoms with van der Waals surface area (Å²) in [6.45, 7) is 12.3. The molecule has 0 fully saturated rings. The van der Waals surface area contributed by atoms with E-state index in [1.54, 1.807) is 10.7 Å². The number of hydrogen-bond donors (Lipinski definition) is 1. The molecule has 3 aromatic rings. The first-order valence-electron chi connectivity index (χ1n) is 11.5. The third kappa shape index (κ3) is 6.31. The van der Waals surface area contributed by atoms with E-state index in [4.69, 9.17) is 5.10 Å². The van der Waals surface area contributed by atoms with Crippen molar-refractivity contribution < 1.29 is 14.0 Å². The summed E-state index contributed by atoms with van der Waals surface area (Å²) in [5.41, 5.74) is 2.78. The Hall–Kier alpha value is -3.48. The Morgan fingerprint density at radius 1 is 1.09 bits per heavy atom. The molecule has 0 aliphatic rings. The number of carbonyl (C=O) groups excluding carboxylic acids is 2. The molecule has 34 heavy (non-hydrogen) atoms. The molecule has 1 heterocycles. The van der Waals surface area contributed by atoms with Crippen LogP contribution in [0.4, 0.5) is 10.2 Å². The topological polar surface area (TPSA) is 67.2 Å². The Morgan fingerprint density at radius 3 is 2.35 bits per heavy atom. The lowest BCUT2D eigenvalue weighted by atomic mass is 9.92. The maximum absolute atomic E-state index is 13.7. The van der Waals surface area contributed by atoms with Crippen LogP contribution in [0.1, 0.15) is 56.2 Å². The van der Waals surface area contributed by atoms with Crippen molar-refractivity contribution in [1.29, 1.82) is 0 Å². The van der Waals surface area contributed by atoms with Crippen LogP contribution in [0, 0.1) is 18.7 Å². The normalized spacial score (nSPS) is 11.5. The first-order chi connectivity index (χ1) is 15.9. The summed E-state index contributed by atoms with van der Waals surface area (Å²) in [6.07, 6.45) is 0. The largest absolute Gasteiger partial charge is 0.329 e. The molecule has 0 atom stereocenters. The predicted molar refractivity (Wildman–Crippen MR) is 133 cm³/mol. The molecule has 0 unspecified atom stereocenters. The maximum Gasteiger partial charge on any atom is 0.254 e. The molecular weight excluding hydrogens is 431 g/mol. The summed E-state index contributed by atoms with van der Waals surface area (Å²) in [7, 11) is 0. The maximum atomic E-state index is 13.7. The summed E-state index contributed by atoms with van der Waals surface area (Å²) >= 11 is 0. The fourth-order valence-electron chi connectivity index (χ4n) is 3.54. The van der Waals surface area contributed by atoms with E-state index in [2.05, 4.69) is 26.1 Å². The van der Waals surface area contributed by atoms with E-state index in [1.807, 2.05) is 51.1 Å². The number of hydrogen-bond acceptors (Lipinski definition) is 3. The van der Waals surface area contributed by atoms with Gasteiger partial charge in [-0.3, -0.25) is 9.59 Å². The van der Waals surface area contributed by atoms with Gasteiger partial charge in [-0.1, -0.05) is 58.4 Å². The lowest BCUT2D eigenvalue weighted by Crippen LogP contribution is -2.40. The second kappa shape index (κ2) is 10.2. The highest BCUT2D eigenvalue weighted by Crippen LogP contribution is 2.26. The summed E-state index contributed by atoms with van der Waals surface area (Å²) < 4.78 is 15.4. The molecule has 0 radical (unpaired) electrons. The molecule has 2 aromatic carbocycles. The van der Waals surface area contributed by atoms with Crippen LogP contribution in [0.25, 0.3) is 5.69 Å². The SMILES string of the molecule is Cc1ccc(-n2nc(C(C)(C)C)cc2NC(=O)CN(CC(C)C)C(=O)c2cccc(F)c2)cc1. The lowest BCUT2D eigenvalue weighted by Gasteiger charge is -2.24. The third-order valence-electron chi connectivity index (χ3n) is 5.30. The molecule has 1 aromatic heterocycles. The van der Waals surface area contributed by atoms with Crippen LogP contribution in [0.3, 0.4) is 0 Å². The molecule has 1 N–H and O–H groups in total. The number of halogens is 1. The number of amides is 2. The second-order valence-corrected chi connectivity index (χ2v) is 10.1. The van der Waals surface area contributed by atoms with Gasteiger partial charge in [0.1, 0.15) is 18.2 Å². The molecule has 0 spiro atoms. The van der Waals surface area contributed by atoms with Crippen molar-refractivity contribution in [3.8, 4) is 5.69 Å². The number of anilines is 1. The quantitative estimate of drug-likeness (QED) is 0.512. The van der Waals surface area contributed by atoms with Crippen molar-refractivity contribution in [3.63, 3.8) is 0 Å². The molecule has 0 bridgehead atoms. The summed E-state index contributed by atoms with van der Waals surface area (Å²) in [5.74, 6) is -0.557. The lowest BCUT2D eigenvalue weighted by molar-refractivity contribution is -0.117. The van der Waals surface area contributed by atoms with Crippen LogP contribution < -0.4 is 5.32 Å². The van der Waals surface area contributed by atoms with Crippen LogP contribution in [0.5, 0.6) is 0 Å². The van der Waals surface area contributed by atoms with E-state index in [9.17, 15) is 14.0 Å². The highest BCUT2D eigenvalue weighted by Gasteiger charge is 2.24. The van der Waals surface area contributed by atoms with Gasteiger partial charge in [0.2, 0.25) is 5.91 Å². The average molecular weight is 465 g/mol. The Bertz CT molecular complexity index is 1160. The van der Waals surface area contributed by atoms with Crippen LogP contribution in [-0.4, -0.2) is 39.6 Å². The van der Waals surface area contributed by atoms with E-state index in [-0.39, 0.29) is 35.3 Å². The highest BCUT2D eigenvalue weighted by molar-refractivity contribution is 5.99. The fourth-order valence-corrected chi connectivity index (χ4v) is 3.54. The molecule has 3 rings (SSSR count). The minimum Gasteiger partial charge on any atom is -0.329 e. The van der Waals surface area contributed by atoms with Gasteiger partial charge in [-0.15, -0.1) is 0 Å². The molecule has 0 aliphatic carbocycles. The van der Waals surface area contributed by atoms with E-state index in [0.29, 0.717) is 12.4 Å². The molecule has 7 heteroatoms. The van der Waals surface area contributed by atoms with E-state index in [1.165, 1.54) is 23.1 Å². The minimum absolute atomic E-state index is 0.135. The van der Waals surface area contributed by atoms with Crippen molar-refractivity contribution in [3.05, 3.63) is 77.2 Å². The van der Waals surface area contributed by atoms with Crippen molar-refractivity contribution in [1.82, 2.24) is 14.7 Å². The minimum atomic E-state index is -0.489. The van der Waals surface area contributed by atoms with Crippen molar-refractivity contribution in [2.45, 2.75) is 47.0 Å². The van der Waals surface area contributed by atoms with E-state index in [0.717, 1.165) is 16.9 Å². The number of nitrogens with one attached hydrogen (secondary N) is 1. The van der Waals surface area contributed by atoms with Gasteiger partial charge in [-0.2, -0.15) is 5.10 Å². The molecule has 180 valence electrons. The fraction of sp³-hybridized carbons (Fsp3) is 0.370. The van der Waals surface area contributed by atoms with Crippen LogP contribution >= 0.6 is 0 Å². The predicted octanol–water partition coefficient (Wildman–Crippen LogP) is 5.35. The monoisotopic (exact) mass is 464 g/mol. The van der Waals surface area contributed by atoms with E-state index >= 15 is 0 Å². The Kier molecular flexibility index (Phi) is 7.54. The van der Waals surface area contributed by atoms with Gasteiger partial charge in [0.25, 0.3) is 5.91 Å². The van der Waals surface area contributed by atoms with Crippen LogP contribution in [0.15, 0.2) is 54.6 Å². The van der Waals surface area contributed by atoms with E-state index < -0.39 is 5.82 Å². The number of carbonyl (C=O) groups is 2. The summed E-state index contributed by atoms with van der Waals surface area (Å²) in [5, 5.41) is 7.67. The van der Waals surface area contributed by atoms with Gasteiger partial charge < -0.3 is 10.2 Å². The summed E-state index contributed by atoms with van der Waals surface area (Å²) in [4.78, 5) is 27.6. The number of benzene rings is 2. The zero-order chi connectivity index (χ0) is 25.0. The van der Waals surface area contributed by atoms with Crippen molar-refractivity contribution in [2.75, 3.05) is 18.4 Å². The van der Waals surface area contributed by atoms with Gasteiger partial charge >= 0.3 is 0 Å². The van der Waals surface area contributed by atoms with Gasteiger partial charge in [-0.05, 0) is 43.2 Å². The smallest absolute Gasteiger partial charge is 0.254 e. The Morgan fingerprint density at radius 2 is 1.76 bits per heavy atom. The molecule has 0 saturated heterocycles. The summed E-state index contributed by atoms with van der Waals surface area (Å²) in [6, 6.07) is 15.3. The van der Waals surface area contributed by atoms with Crippen molar-refractivity contribution in [2.24, 2.45) is 5.92 Å². The second-order valence-electron chi connectivity index (χ2n) is 10.1. The Balaban J connectivity index is 1.87. The first-order valence-corrected chi connectivity index (χ1v) is 11.5. The molecule has 0 saturated carbocycles. The number of aromatic nitrogens is 2. The molecule has 2 amide bonds. The zero-order valence-electron chi connectivity index (χ0n) is 20.7. The average Bonchev–Trinajstić information content (AvgIpc) is 3.17. The highest BCUT2D eigenvalue weighted by atomic mass is 19.1. The van der Waals surface area contributed by atoms with Gasteiger partial charge in [-0.25, -0.2) is 9.07 Å². The van der Waals surface area contributed by atoms with Crippen LogP contribution in [-0.2, 0) is 10.2 Å². The third-order valence-corrected chi connectivity index (χ3v) is 5.30. The zero-order valence-corrected chi connectivity index (χ0v) is 20.7. The van der Waals surface area contributed by atoms with Crippen molar-refractivity contribution >= 4 is 17.6 Å². The standard InChI is InChI=1S/C27H33FN4O2/c1-18(2)16-31(26(34)20-8-7-9-21(28)14-20)17-25(33)29-24-15-23(27(4,5)6)30-32(24)22-12-10-19(3)11-13-22/h7-15,18H,16-17H2,1-6H3,(H,29,33). The first kappa shape index (κ1) is 25.1. The molecular formula is C27H33FN4O2.